The Morgan fingerprint density at radius 3 is 2.74 bits per heavy atom. The molecule has 3 heterocycles. The lowest BCUT2D eigenvalue weighted by molar-refractivity contribution is -0.142. The van der Waals surface area contributed by atoms with Crippen LogP contribution in [0, 0.1) is 0 Å². The number of hydrogen-bond donors (Lipinski definition) is 3. The van der Waals surface area contributed by atoms with E-state index in [2.05, 4.69) is 10.6 Å². The molecule has 180 valence electrons. The largest absolute Gasteiger partial charge is 0.487 e. The van der Waals surface area contributed by atoms with Crippen molar-refractivity contribution in [3.05, 3.63) is 47.5 Å². The second-order valence-electron chi connectivity index (χ2n) is 8.73. The normalized spacial score (nSPS) is 24.1. The first kappa shape index (κ1) is 22.5. The molecule has 3 aliphatic rings. The third-order valence-corrected chi connectivity index (χ3v) is 6.38. The second kappa shape index (κ2) is 9.52. The van der Waals surface area contributed by atoms with Crippen LogP contribution in [0.2, 0.25) is 0 Å². The van der Waals surface area contributed by atoms with Crippen LogP contribution in [-0.4, -0.2) is 55.2 Å². The van der Waals surface area contributed by atoms with Gasteiger partial charge in [0.2, 0.25) is 12.7 Å². The smallest absolute Gasteiger partial charge is 0.255 e. The molecule has 2 aromatic carbocycles. The Morgan fingerprint density at radius 2 is 1.91 bits per heavy atom. The maximum Gasteiger partial charge on any atom is 0.255 e. The van der Waals surface area contributed by atoms with E-state index in [0.717, 1.165) is 12.0 Å². The zero-order valence-electron chi connectivity index (χ0n) is 18.9. The summed E-state index contributed by atoms with van der Waals surface area (Å²) >= 11 is 0. The number of amides is 2. The van der Waals surface area contributed by atoms with E-state index in [0.29, 0.717) is 41.5 Å². The number of fused-ring (bicyclic) bond motifs is 4. The van der Waals surface area contributed by atoms with Crippen molar-refractivity contribution in [2.45, 2.75) is 50.4 Å². The quantitative estimate of drug-likeness (QED) is 0.572. The predicted molar refractivity (Wildman–Crippen MR) is 122 cm³/mol. The van der Waals surface area contributed by atoms with Gasteiger partial charge in [-0.1, -0.05) is 6.92 Å². The fraction of sp³-hybridized carbons (Fsp3) is 0.440. The Balaban J connectivity index is 1.31. The molecule has 0 aromatic heterocycles. The van der Waals surface area contributed by atoms with Crippen molar-refractivity contribution in [1.82, 2.24) is 5.32 Å². The van der Waals surface area contributed by atoms with Crippen molar-refractivity contribution in [3.63, 3.8) is 0 Å². The Hall–Kier alpha value is -3.30. The first-order valence-corrected chi connectivity index (χ1v) is 11.6. The summed E-state index contributed by atoms with van der Waals surface area (Å²) < 4.78 is 22.8. The molecule has 3 aliphatic heterocycles. The van der Waals surface area contributed by atoms with E-state index in [1.165, 1.54) is 0 Å². The van der Waals surface area contributed by atoms with E-state index in [4.69, 9.17) is 18.9 Å². The number of carbonyl (C=O) groups excluding carboxylic acids is 2. The number of rotatable bonds is 7. The minimum absolute atomic E-state index is 0.0488. The Bertz CT molecular complexity index is 1090. The molecule has 9 nitrogen and oxygen atoms in total. The van der Waals surface area contributed by atoms with Crippen LogP contribution in [0.5, 0.6) is 17.2 Å². The summed E-state index contributed by atoms with van der Waals surface area (Å²) in [4.78, 5) is 25.1. The predicted octanol–water partition coefficient (Wildman–Crippen LogP) is 2.58. The van der Waals surface area contributed by atoms with Crippen LogP contribution in [0.25, 0.3) is 0 Å². The maximum absolute atomic E-state index is 12.8. The number of ether oxygens (including phenoxy) is 4. The number of carbonyl (C=O) groups is 2. The monoisotopic (exact) mass is 468 g/mol. The van der Waals surface area contributed by atoms with Gasteiger partial charge in [-0.2, -0.15) is 0 Å². The van der Waals surface area contributed by atoms with Gasteiger partial charge in [-0.25, -0.2) is 0 Å². The zero-order chi connectivity index (χ0) is 23.7. The molecular weight excluding hydrogens is 440 g/mol. The number of nitrogens with one attached hydrogen (secondary N) is 2. The van der Waals surface area contributed by atoms with Crippen LogP contribution in [0.15, 0.2) is 36.4 Å². The van der Waals surface area contributed by atoms with Crippen LogP contribution in [0.1, 0.15) is 48.0 Å². The van der Waals surface area contributed by atoms with Gasteiger partial charge in [0.15, 0.2) is 11.5 Å². The Morgan fingerprint density at radius 1 is 1.09 bits per heavy atom. The molecule has 0 aliphatic carbocycles. The summed E-state index contributed by atoms with van der Waals surface area (Å²) in [6, 6.07) is 10.6. The third kappa shape index (κ3) is 4.41. The highest BCUT2D eigenvalue weighted by Crippen LogP contribution is 2.47. The number of hydrogen-bond acceptors (Lipinski definition) is 7. The van der Waals surface area contributed by atoms with E-state index in [9.17, 15) is 14.7 Å². The highest BCUT2D eigenvalue weighted by Gasteiger charge is 2.46. The van der Waals surface area contributed by atoms with Crippen molar-refractivity contribution in [1.29, 1.82) is 0 Å². The van der Waals surface area contributed by atoms with Crippen molar-refractivity contribution in [2.24, 2.45) is 0 Å². The van der Waals surface area contributed by atoms with Gasteiger partial charge in [0.05, 0.1) is 19.1 Å². The van der Waals surface area contributed by atoms with E-state index in [1.807, 2.05) is 19.1 Å². The van der Waals surface area contributed by atoms with Gasteiger partial charge in [-0.3, -0.25) is 9.59 Å². The van der Waals surface area contributed by atoms with Gasteiger partial charge in [0, 0.05) is 29.3 Å². The average Bonchev–Trinajstić information content (AvgIpc) is 3.46. The van der Waals surface area contributed by atoms with Crippen LogP contribution < -0.4 is 24.8 Å². The van der Waals surface area contributed by atoms with Crippen molar-refractivity contribution in [3.8, 4) is 17.2 Å². The Kier molecular flexibility index (Phi) is 6.30. The standard InChI is InChI=1S/C25H28N2O7/c1-2-7-26-23(29)11-16-10-18-17-9-15(4-6-19(17)34-24(18)22(12-28)33-16)27-25(30)14-3-5-20-21(8-14)32-13-31-20/h3-6,8-9,16,18,22,24,28H,2,7,10-13H2,1H3,(H,26,29)(H,27,30)/t16-,18+,22-,24-/m1/s1. The molecule has 2 amide bonds. The molecule has 0 bridgehead atoms. The van der Waals surface area contributed by atoms with Gasteiger partial charge in [0.1, 0.15) is 18.0 Å². The molecule has 5 rings (SSSR count). The highest BCUT2D eigenvalue weighted by atomic mass is 16.7. The van der Waals surface area contributed by atoms with Crippen molar-refractivity contribution >= 4 is 17.5 Å². The second-order valence-corrected chi connectivity index (χ2v) is 8.73. The number of anilines is 1. The summed E-state index contributed by atoms with van der Waals surface area (Å²) in [7, 11) is 0. The topological polar surface area (TPSA) is 115 Å². The zero-order valence-corrected chi connectivity index (χ0v) is 18.9. The van der Waals surface area contributed by atoms with E-state index in [1.54, 1.807) is 24.3 Å². The molecule has 9 heteroatoms. The van der Waals surface area contributed by atoms with Crippen molar-refractivity contribution < 1.29 is 33.6 Å². The van der Waals surface area contributed by atoms with Gasteiger partial charge < -0.3 is 34.7 Å². The maximum atomic E-state index is 12.8. The van der Waals surface area contributed by atoms with E-state index < -0.39 is 6.10 Å². The average molecular weight is 469 g/mol. The summed E-state index contributed by atoms with van der Waals surface area (Å²) in [6.45, 7) is 2.57. The van der Waals surface area contributed by atoms with E-state index in [-0.39, 0.29) is 49.8 Å². The minimum Gasteiger partial charge on any atom is -0.487 e. The molecule has 34 heavy (non-hydrogen) atoms. The third-order valence-electron chi connectivity index (χ3n) is 6.38. The summed E-state index contributed by atoms with van der Waals surface area (Å²) in [5.41, 5.74) is 2.03. The summed E-state index contributed by atoms with van der Waals surface area (Å²) in [5, 5.41) is 15.7. The molecule has 2 aromatic rings. The lowest BCUT2D eigenvalue weighted by Crippen LogP contribution is -2.47. The lowest BCUT2D eigenvalue weighted by Gasteiger charge is -2.37. The first-order valence-electron chi connectivity index (χ1n) is 11.6. The fourth-order valence-corrected chi connectivity index (χ4v) is 4.75. The van der Waals surface area contributed by atoms with Gasteiger partial charge >= 0.3 is 0 Å². The fourth-order valence-electron chi connectivity index (χ4n) is 4.75. The van der Waals surface area contributed by atoms with Gasteiger partial charge in [-0.15, -0.1) is 0 Å². The van der Waals surface area contributed by atoms with Crippen LogP contribution in [0.3, 0.4) is 0 Å². The van der Waals surface area contributed by atoms with Crippen LogP contribution in [0.4, 0.5) is 5.69 Å². The molecule has 3 N–H and O–H groups in total. The molecule has 0 radical (unpaired) electrons. The van der Waals surface area contributed by atoms with Crippen molar-refractivity contribution in [2.75, 3.05) is 25.3 Å². The van der Waals surface area contributed by atoms with E-state index >= 15 is 0 Å². The number of aliphatic hydroxyl groups is 1. The van der Waals surface area contributed by atoms with Crippen LogP contribution >= 0.6 is 0 Å². The summed E-state index contributed by atoms with van der Waals surface area (Å²) in [5.74, 6) is 1.49. The highest BCUT2D eigenvalue weighted by molar-refractivity contribution is 6.04. The molecule has 0 spiro atoms. The molecule has 0 saturated carbocycles. The molecule has 0 unspecified atom stereocenters. The minimum atomic E-state index is -0.526. The molecule has 1 saturated heterocycles. The van der Waals surface area contributed by atoms with Gasteiger partial charge in [0.25, 0.3) is 5.91 Å². The SMILES string of the molecule is CCCNC(=O)C[C@H]1C[C@H]2c3cc(NC(=O)c4ccc5c(c4)OCO5)ccc3O[C@H]2[C@@H](CO)O1. The molecule has 4 atom stereocenters. The Labute approximate surface area is 197 Å². The van der Waals surface area contributed by atoms with Crippen LogP contribution in [-0.2, 0) is 9.53 Å². The summed E-state index contributed by atoms with van der Waals surface area (Å²) in [6.07, 6.45) is 0.500. The molecular formula is C25H28N2O7. The first-order chi connectivity index (χ1) is 16.6. The number of benzene rings is 2. The molecule has 1 fully saturated rings. The lowest BCUT2D eigenvalue weighted by atomic mass is 9.84. The van der Waals surface area contributed by atoms with Gasteiger partial charge in [-0.05, 0) is 49.2 Å². The number of aliphatic hydroxyl groups excluding tert-OH is 1.